The molecular formula is C18H22N4O2. The maximum absolute atomic E-state index is 11.2. The van der Waals surface area contributed by atoms with Gasteiger partial charge in [-0.2, -0.15) is 0 Å². The summed E-state index contributed by atoms with van der Waals surface area (Å²) in [4.78, 5) is 14.9. The number of anilines is 2. The van der Waals surface area contributed by atoms with E-state index >= 15 is 0 Å². The molecule has 1 aromatic carbocycles. The Morgan fingerprint density at radius 2 is 1.83 bits per heavy atom. The largest absolute Gasteiger partial charge is 0.378 e. The lowest BCUT2D eigenvalue weighted by Crippen LogP contribution is -2.46. The van der Waals surface area contributed by atoms with Gasteiger partial charge in [0.05, 0.1) is 10.5 Å². The first-order valence-corrected chi connectivity index (χ1v) is 8.35. The highest BCUT2D eigenvalue weighted by Gasteiger charge is 2.32. The van der Waals surface area contributed by atoms with Crippen molar-refractivity contribution in [1.82, 2.24) is 4.98 Å². The van der Waals surface area contributed by atoms with Crippen molar-refractivity contribution in [2.75, 3.05) is 17.2 Å². The molecule has 24 heavy (non-hydrogen) atoms. The van der Waals surface area contributed by atoms with Crippen LogP contribution in [0.3, 0.4) is 0 Å². The minimum Gasteiger partial charge on any atom is -0.378 e. The molecule has 0 radical (unpaired) electrons. The van der Waals surface area contributed by atoms with Crippen LogP contribution < -0.4 is 10.6 Å². The molecule has 0 bridgehead atoms. The zero-order valence-corrected chi connectivity index (χ0v) is 13.6. The minimum absolute atomic E-state index is 0.0168. The van der Waals surface area contributed by atoms with Crippen LogP contribution in [0.25, 0.3) is 0 Å². The first-order chi connectivity index (χ1) is 11.7. The van der Waals surface area contributed by atoms with Crippen molar-refractivity contribution in [2.24, 2.45) is 0 Å². The average molecular weight is 326 g/mol. The second-order valence-corrected chi connectivity index (χ2v) is 6.31. The molecular weight excluding hydrogens is 304 g/mol. The Kier molecular flexibility index (Phi) is 4.93. The van der Waals surface area contributed by atoms with Crippen molar-refractivity contribution in [3.8, 4) is 0 Å². The number of benzene rings is 1. The standard InChI is InChI=1S/C18H22N4O2/c23-22(24)16-10-7-13-19-17(16)20-14-18(11-5-2-6-12-18)21-15-8-3-1-4-9-15/h1,3-4,7-10,13,21H,2,5-6,11-12,14H2,(H,19,20). The van der Waals surface area contributed by atoms with Gasteiger partial charge in [0.15, 0.2) is 0 Å². The first-order valence-electron chi connectivity index (χ1n) is 8.35. The third kappa shape index (κ3) is 3.82. The van der Waals surface area contributed by atoms with Crippen LogP contribution in [-0.4, -0.2) is 22.0 Å². The van der Waals surface area contributed by atoms with E-state index in [9.17, 15) is 10.1 Å². The molecule has 2 N–H and O–H groups in total. The van der Waals surface area contributed by atoms with Crippen LogP contribution in [0.1, 0.15) is 32.1 Å². The highest BCUT2D eigenvalue weighted by molar-refractivity contribution is 5.56. The van der Waals surface area contributed by atoms with Crippen molar-refractivity contribution >= 4 is 17.2 Å². The number of para-hydroxylation sites is 1. The lowest BCUT2D eigenvalue weighted by atomic mass is 9.81. The molecule has 1 aliphatic rings. The van der Waals surface area contributed by atoms with Gasteiger partial charge in [0.25, 0.3) is 0 Å². The van der Waals surface area contributed by atoms with E-state index in [0.717, 1.165) is 31.4 Å². The quantitative estimate of drug-likeness (QED) is 0.614. The Morgan fingerprint density at radius 3 is 2.54 bits per heavy atom. The van der Waals surface area contributed by atoms with Crippen molar-refractivity contribution in [3.63, 3.8) is 0 Å². The molecule has 6 nitrogen and oxygen atoms in total. The van der Waals surface area contributed by atoms with Crippen LogP contribution >= 0.6 is 0 Å². The summed E-state index contributed by atoms with van der Waals surface area (Å²) in [6.07, 6.45) is 7.21. The fourth-order valence-corrected chi connectivity index (χ4v) is 3.34. The summed E-state index contributed by atoms with van der Waals surface area (Å²) in [5.74, 6) is 0.335. The second kappa shape index (κ2) is 7.29. The first kappa shape index (κ1) is 16.2. The minimum atomic E-state index is -0.395. The molecule has 3 rings (SSSR count). The highest BCUT2D eigenvalue weighted by atomic mass is 16.6. The predicted octanol–water partition coefficient (Wildman–Crippen LogP) is 4.22. The number of hydrogen-bond donors (Lipinski definition) is 2. The fraction of sp³-hybridized carbons (Fsp3) is 0.389. The van der Waals surface area contributed by atoms with E-state index < -0.39 is 4.92 Å². The Hall–Kier alpha value is -2.63. The number of rotatable bonds is 6. The SMILES string of the molecule is O=[N+]([O-])c1cccnc1NCC1(Nc2ccccc2)CCCCC1. The molecule has 0 saturated heterocycles. The number of aromatic nitrogens is 1. The zero-order chi connectivity index (χ0) is 16.8. The van der Waals surface area contributed by atoms with Crippen LogP contribution in [0, 0.1) is 10.1 Å². The van der Waals surface area contributed by atoms with Crippen molar-refractivity contribution in [2.45, 2.75) is 37.6 Å². The van der Waals surface area contributed by atoms with Crippen LogP contribution in [0.5, 0.6) is 0 Å². The Balaban J connectivity index is 1.77. The van der Waals surface area contributed by atoms with Gasteiger partial charge in [-0.05, 0) is 31.0 Å². The van der Waals surface area contributed by atoms with Gasteiger partial charge in [-0.3, -0.25) is 10.1 Å². The summed E-state index contributed by atoms with van der Waals surface area (Å²) in [5.41, 5.74) is 0.991. The molecule has 1 aliphatic carbocycles. The van der Waals surface area contributed by atoms with E-state index in [4.69, 9.17) is 0 Å². The van der Waals surface area contributed by atoms with Gasteiger partial charge in [0.1, 0.15) is 0 Å². The third-order valence-electron chi connectivity index (χ3n) is 4.57. The summed E-state index contributed by atoms with van der Waals surface area (Å²) < 4.78 is 0. The molecule has 0 spiro atoms. The Morgan fingerprint density at radius 1 is 1.08 bits per heavy atom. The van der Waals surface area contributed by atoms with Gasteiger partial charge >= 0.3 is 5.69 Å². The summed E-state index contributed by atoms with van der Waals surface area (Å²) in [6.45, 7) is 0.611. The van der Waals surface area contributed by atoms with E-state index in [0.29, 0.717) is 12.4 Å². The smallest absolute Gasteiger partial charge is 0.311 e. The molecule has 0 unspecified atom stereocenters. The van der Waals surface area contributed by atoms with Crippen LogP contribution in [-0.2, 0) is 0 Å². The van der Waals surface area contributed by atoms with Crippen LogP contribution in [0.4, 0.5) is 17.2 Å². The number of nitrogens with one attached hydrogen (secondary N) is 2. The predicted molar refractivity (Wildman–Crippen MR) is 95.3 cm³/mol. The lowest BCUT2D eigenvalue weighted by Gasteiger charge is -2.39. The summed E-state index contributed by atoms with van der Waals surface area (Å²) in [7, 11) is 0. The van der Waals surface area contributed by atoms with E-state index in [1.807, 2.05) is 18.2 Å². The highest BCUT2D eigenvalue weighted by Crippen LogP contribution is 2.32. The number of nitro groups is 1. The van der Waals surface area contributed by atoms with Crippen molar-refractivity contribution in [1.29, 1.82) is 0 Å². The molecule has 0 aliphatic heterocycles. The molecule has 1 fully saturated rings. The van der Waals surface area contributed by atoms with Gasteiger partial charge in [0.2, 0.25) is 5.82 Å². The van der Waals surface area contributed by atoms with E-state index in [2.05, 4.69) is 27.8 Å². The second-order valence-electron chi connectivity index (χ2n) is 6.31. The van der Waals surface area contributed by atoms with E-state index in [-0.39, 0.29) is 11.2 Å². The van der Waals surface area contributed by atoms with Gasteiger partial charge in [-0.25, -0.2) is 4.98 Å². The summed E-state index contributed by atoms with van der Waals surface area (Å²) >= 11 is 0. The molecule has 0 atom stereocenters. The van der Waals surface area contributed by atoms with E-state index in [1.54, 1.807) is 12.3 Å². The topological polar surface area (TPSA) is 80.1 Å². The normalized spacial score (nSPS) is 16.3. The van der Waals surface area contributed by atoms with Gasteiger partial charge in [0, 0.05) is 24.5 Å². The molecule has 0 amide bonds. The van der Waals surface area contributed by atoms with Crippen LogP contribution in [0.15, 0.2) is 48.7 Å². The maximum atomic E-state index is 11.2. The van der Waals surface area contributed by atoms with Gasteiger partial charge in [-0.1, -0.05) is 37.5 Å². The lowest BCUT2D eigenvalue weighted by molar-refractivity contribution is -0.384. The molecule has 2 aromatic rings. The summed E-state index contributed by atoms with van der Waals surface area (Å²) in [5, 5.41) is 18.0. The van der Waals surface area contributed by atoms with Gasteiger partial charge in [-0.15, -0.1) is 0 Å². The maximum Gasteiger partial charge on any atom is 0.311 e. The number of nitrogens with zero attached hydrogens (tertiary/aromatic N) is 2. The van der Waals surface area contributed by atoms with Gasteiger partial charge < -0.3 is 10.6 Å². The monoisotopic (exact) mass is 326 g/mol. The summed E-state index contributed by atoms with van der Waals surface area (Å²) in [6, 6.07) is 13.2. The number of hydrogen-bond acceptors (Lipinski definition) is 5. The number of pyridine rings is 1. The Labute approximate surface area is 141 Å². The van der Waals surface area contributed by atoms with Crippen LogP contribution in [0.2, 0.25) is 0 Å². The van der Waals surface area contributed by atoms with E-state index in [1.165, 1.54) is 12.5 Å². The molecule has 1 aromatic heterocycles. The fourth-order valence-electron chi connectivity index (χ4n) is 3.34. The van der Waals surface area contributed by atoms with Crippen molar-refractivity contribution < 1.29 is 4.92 Å². The molecule has 1 saturated carbocycles. The molecule has 1 heterocycles. The zero-order valence-electron chi connectivity index (χ0n) is 13.6. The third-order valence-corrected chi connectivity index (χ3v) is 4.57. The molecule has 126 valence electrons. The Bertz CT molecular complexity index is 684. The molecule has 6 heteroatoms. The van der Waals surface area contributed by atoms with Crippen molar-refractivity contribution in [3.05, 3.63) is 58.8 Å². The average Bonchev–Trinajstić information content (AvgIpc) is 2.62.